The zero-order valence-corrected chi connectivity index (χ0v) is 11.5. The van der Waals surface area contributed by atoms with Gasteiger partial charge in [0.05, 0.1) is 0 Å². The minimum absolute atomic E-state index is 0. The largest absolute Gasteiger partial charge is 3.00 e. The van der Waals surface area contributed by atoms with Crippen molar-refractivity contribution in [3.8, 4) is 0 Å². The fourth-order valence-electron chi connectivity index (χ4n) is 0. The summed E-state index contributed by atoms with van der Waals surface area (Å²) in [5.41, 5.74) is 0. The van der Waals surface area contributed by atoms with Crippen LogP contribution in [0.15, 0.2) is 0 Å². The second-order valence-corrected chi connectivity index (χ2v) is 0. The van der Waals surface area contributed by atoms with Gasteiger partial charge in [-0.15, -0.1) is 0 Å². The summed E-state index contributed by atoms with van der Waals surface area (Å²) in [7, 11) is 0. The Bertz CT molecular complexity index is 13.5. The van der Waals surface area contributed by atoms with Crippen LogP contribution in [0.5, 0.6) is 0 Å². The van der Waals surface area contributed by atoms with Gasteiger partial charge in [-0.2, -0.15) is 0 Å². The van der Waals surface area contributed by atoms with Crippen LogP contribution in [-0.2, 0) is 47.8 Å². The van der Waals surface area contributed by atoms with E-state index in [1.54, 1.807) is 0 Å². The van der Waals surface area contributed by atoms with Crippen LogP contribution in [0.1, 0.15) is 0 Å². The first kappa shape index (κ1) is 67.2. The van der Waals surface area contributed by atoms with E-state index in [1.165, 1.54) is 0 Å². The van der Waals surface area contributed by atoms with Crippen LogP contribution in [0.2, 0.25) is 0 Å². The quantitative estimate of drug-likeness (QED) is 0.409. The molecule has 6 heavy (non-hydrogen) atoms. The molecule has 27 valence electrons. The van der Waals surface area contributed by atoms with Gasteiger partial charge < -0.3 is 23.4 Å². The van der Waals surface area contributed by atoms with Crippen molar-refractivity contribution < 1.29 is 60.2 Å². The molecule has 0 atom stereocenters. The third kappa shape index (κ3) is 28.9. The predicted molar refractivity (Wildman–Crippen MR) is 7.13 cm³/mol. The molecule has 0 N–H and O–H groups in total. The Morgan fingerprint density at radius 2 is 0.833 bits per heavy atom. The van der Waals surface area contributed by atoms with Gasteiger partial charge in [0.1, 0.15) is 0 Å². The summed E-state index contributed by atoms with van der Waals surface area (Å²) in [6.45, 7) is 0. The molecule has 0 rings (SSSR count). The first-order valence-corrected chi connectivity index (χ1v) is 0. The van der Waals surface area contributed by atoms with Crippen LogP contribution in [0, 0.1) is 0 Å². The monoisotopic (exact) mass is 271 g/mol. The zero-order chi connectivity index (χ0) is 0. The molecule has 0 aliphatic carbocycles. The third-order valence-corrected chi connectivity index (χ3v) is 0. The van der Waals surface area contributed by atoms with E-state index in [0.29, 0.717) is 0 Å². The Morgan fingerprint density at radius 1 is 0.833 bits per heavy atom. The fourth-order valence-corrected chi connectivity index (χ4v) is 0. The number of halogens is 1. The Morgan fingerprint density at radius 3 is 0.833 bits per heavy atom. The van der Waals surface area contributed by atoms with Crippen molar-refractivity contribution >= 4 is 45.5 Å². The molecule has 0 fully saturated rings. The van der Waals surface area contributed by atoms with E-state index in [-0.39, 0.29) is 106 Å². The molecule has 0 aliphatic heterocycles. The van der Waals surface area contributed by atoms with Gasteiger partial charge in [-0.3, -0.25) is 0 Å². The Kier molecular flexibility index (Phi) is 509. The van der Waals surface area contributed by atoms with E-state index in [9.17, 15) is 0 Å². The molecule has 0 saturated carbocycles. The predicted octanol–water partition coefficient (Wildman–Crippen LogP) is -3.62. The van der Waals surface area contributed by atoms with Crippen LogP contribution in [-0.4, -0.2) is 45.5 Å². The summed E-state index contributed by atoms with van der Waals surface area (Å²) in [4.78, 5) is 0. The molecule has 6 heteroatoms. The SMILES string of the molecule is [Cl-].[Cr+3].[O-2].[O-2].[Sr+2].[Zn+2]. The smallest absolute Gasteiger partial charge is 2.00 e. The van der Waals surface area contributed by atoms with Crippen LogP contribution in [0.4, 0.5) is 0 Å². The maximum absolute atomic E-state index is 0. The van der Waals surface area contributed by atoms with E-state index in [0.717, 1.165) is 0 Å². The second-order valence-electron chi connectivity index (χ2n) is 0. The molecule has 0 bridgehead atoms. The van der Waals surface area contributed by atoms with Gasteiger partial charge in [0.25, 0.3) is 0 Å². The second kappa shape index (κ2) is 45.4. The van der Waals surface area contributed by atoms with Crippen molar-refractivity contribution in [2.45, 2.75) is 0 Å². The van der Waals surface area contributed by atoms with Crippen LogP contribution < -0.4 is 12.4 Å². The molecule has 0 aromatic carbocycles. The average molecular weight is 272 g/mol. The summed E-state index contributed by atoms with van der Waals surface area (Å²) in [5.74, 6) is 0. The molecule has 0 unspecified atom stereocenters. The molecule has 0 aliphatic rings. The zero-order valence-electron chi connectivity index (χ0n) is 3.02. The standard InChI is InChI=1S/ClH.Cr.2O.Sr.Zn/h1H;;;;;/q;+3;2*-2;2*+2/p-1. The van der Waals surface area contributed by atoms with Gasteiger partial charge in [-0.05, 0) is 0 Å². The van der Waals surface area contributed by atoms with Crippen molar-refractivity contribution in [2.75, 3.05) is 0 Å². The number of rotatable bonds is 0. The number of hydrogen-bond acceptors (Lipinski definition) is 0. The summed E-state index contributed by atoms with van der Waals surface area (Å²) in [5, 5.41) is 0. The molecule has 1 radical (unpaired) electrons. The van der Waals surface area contributed by atoms with E-state index in [4.69, 9.17) is 0 Å². The molecular formula is ClCrO2SrZn+2. The van der Waals surface area contributed by atoms with Crippen molar-refractivity contribution in [2.24, 2.45) is 0 Å². The van der Waals surface area contributed by atoms with Crippen LogP contribution in [0.25, 0.3) is 0 Å². The van der Waals surface area contributed by atoms with Gasteiger partial charge in [0.15, 0.2) is 0 Å². The number of hydrogen-bond donors (Lipinski definition) is 0. The van der Waals surface area contributed by atoms with Gasteiger partial charge in [-0.25, -0.2) is 0 Å². The molecule has 0 heterocycles. The van der Waals surface area contributed by atoms with Gasteiger partial charge >= 0.3 is 82.3 Å². The maximum atomic E-state index is 0. The van der Waals surface area contributed by atoms with Gasteiger partial charge in [0, 0.05) is 0 Å². The minimum Gasteiger partial charge on any atom is -2.00 e. The van der Waals surface area contributed by atoms with Crippen LogP contribution in [0.3, 0.4) is 0 Å². The van der Waals surface area contributed by atoms with Gasteiger partial charge in [-0.1, -0.05) is 0 Å². The van der Waals surface area contributed by atoms with E-state index < -0.39 is 0 Å². The fraction of sp³-hybridized carbons (Fsp3) is 0. The molecule has 0 spiro atoms. The maximum Gasteiger partial charge on any atom is 3.00 e. The minimum atomic E-state index is 0. The van der Waals surface area contributed by atoms with E-state index in [1.807, 2.05) is 0 Å². The van der Waals surface area contributed by atoms with Gasteiger partial charge in [0.2, 0.25) is 0 Å². The molecule has 0 aromatic rings. The molecule has 2 nitrogen and oxygen atoms in total. The van der Waals surface area contributed by atoms with Crippen LogP contribution >= 0.6 is 0 Å². The third-order valence-electron chi connectivity index (χ3n) is 0. The van der Waals surface area contributed by atoms with Crippen molar-refractivity contribution in [3.63, 3.8) is 0 Å². The molecular weight excluding hydrogens is 272 g/mol. The normalized spacial score (nSPS) is 0. The van der Waals surface area contributed by atoms with Crippen molar-refractivity contribution in [1.82, 2.24) is 0 Å². The summed E-state index contributed by atoms with van der Waals surface area (Å²) in [6.07, 6.45) is 0. The van der Waals surface area contributed by atoms with Crippen molar-refractivity contribution in [3.05, 3.63) is 0 Å². The summed E-state index contributed by atoms with van der Waals surface area (Å²) in [6, 6.07) is 0. The summed E-state index contributed by atoms with van der Waals surface area (Å²) < 4.78 is 0. The Balaban J connectivity index is 0. The Hall–Kier alpha value is 2.85. The molecule has 0 aromatic heterocycles. The molecule has 0 saturated heterocycles. The van der Waals surface area contributed by atoms with E-state index in [2.05, 4.69) is 0 Å². The first-order chi connectivity index (χ1) is 0. The van der Waals surface area contributed by atoms with Crippen molar-refractivity contribution in [1.29, 1.82) is 0 Å². The first-order valence-electron chi connectivity index (χ1n) is 0. The van der Waals surface area contributed by atoms with E-state index >= 15 is 0 Å². The average Bonchev–Trinajstić information content (AvgIpc) is 0. The Labute approximate surface area is 104 Å². The topological polar surface area (TPSA) is 57.0 Å². The molecule has 0 amide bonds. The summed E-state index contributed by atoms with van der Waals surface area (Å²) >= 11 is 0.